The maximum absolute atomic E-state index is 12.7. The maximum atomic E-state index is 12.7. The van der Waals surface area contributed by atoms with Crippen molar-refractivity contribution in [1.29, 1.82) is 0 Å². The number of rotatable bonds is 4. The number of hydrogen-bond acceptors (Lipinski definition) is 2. The van der Waals surface area contributed by atoms with Crippen LogP contribution in [-0.4, -0.2) is 11.8 Å². The fourth-order valence-corrected chi connectivity index (χ4v) is 2.68. The van der Waals surface area contributed by atoms with Gasteiger partial charge >= 0.3 is 6.18 Å². The third kappa shape index (κ3) is 4.25. The molecule has 27 heavy (non-hydrogen) atoms. The summed E-state index contributed by atoms with van der Waals surface area (Å²) in [5.41, 5.74) is 5.49. The molecule has 3 aromatic rings. The summed E-state index contributed by atoms with van der Waals surface area (Å²) in [5, 5.41) is 4.09. The lowest BCUT2D eigenvalue weighted by atomic mass is 10.0. The first-order chi connectivity index (χ1) is 12.7. The predicted octanol–water partition coefficient (Wildman–Crippen LogP) is 3.89. The molecule has 0 radical (unpaired) electrons. The molecule has 0 aliphatic heterocycles. The zero-order chi connectivity index (χ0) is 19.6. The number of carbonyl (C=O) groups excluding carboxylic acids is 2. The highest BCUT2D eigenvalue weighted by Crippen LogP contribution is 2.29. The Labute approximate surface area is 152 Å². The fourth-order valence-electron chi connectivity index (χ4n) is 2.68. The number of hydrogen-bond donors (Lipinski definition) is 2. The molecule has 0 aliphatic rings. The largest absolute Gasteiger partial charge is 0.416 e. The predicted molar refractivity (Wildman–Crippen MR) is 95.1 cm³/mol. The van der Waals surface area contributed by atoms with Crippen LogP contribution in [0.3, 0.4) is 0 Å². The quantitative estimate of drug-likeness (QED) is 0.729. The van der Waals surface area contributed by atoms with Crippen LogP contribution in [-0.2, 0) is 12.7 Å². The van der Waals surface area contributed by atoms with E-state index < -0.39 is 23.6 Å². The van der Waals surface area contributed by atoms with E-state index in [-0.39, 0.29) is 6.54 Å². The van der Waals surface area contributed by atoms with Gasteiger partial charge in [0.05, 0.1) is 5.56 Å². The lowest BCUT2D eigenvalue weighted by Gasteiger charge is -2.10. The minimum Gasteiger partial charge on any atom is -0.366 e. The topological polar surface area (TPSA) is 72.2 Å². The van der Waals surface area contributed by atoms with Crippen LogP contribution in [0.2, 0.25) is 0 Å². The van der Waals surface area contributed by atoms with Gasteiger partial charge in [0.15, 0.2) is 0 Å². The van der Waals surface area contributed by atoms with Gasteiger partial charge < -0.3 is 11.1 Å². The van der Waals surface area contributed by atoms with Gasteiger partial charge in [-0.15, -0.1) is 0 Å². The zero-order valence-electron chi connectivity index (χ0n) is 14.0. The number of primary amides is 1. The highest BCUT2D eigenvalue weighted by molar-refractivity contribution is 6.01. The van der Waals surface area contributed by atoms with E-state index in [1.807, 2.05) is 0 Å². The second kappa shape index (κ2) is 7.11. The number of nitrogens with one attached hydrogen (secondary N) is 1. The summed E-state index contributed by atoms with van der Waals surface area (Å²) in [4.78, 5) is 23.6. The molecule has 2 amide bonds. The van der Waals surface area contributed by atoms with Gasteiger partial charge in [-0.1, -0.05) is 24.3 Å². The van der Waals surface area contributed by atoms with E-state index >= 15 is 0 Å². The molecule has 138 valence electrons. The van der Waals surface area contributed by atoms with Crippen LogP contribution >= 0.6 is 0 Å². The molecule has 0 saturated carbocycles. The van der Waals surface area contributed by atoms with Crippen LogP contribution in [0.4, 0.5) is 13.2 Å². The number of halogens is 3. The van der Waals surface area contributed by atoms with Crippen LogP contribution in [0, 0.1) is 0 Å². The molecule has 0 saturated heterocycles. The molecule has 0 spiro atoms. The van der Waals surface area contributed by atoms with Gasteiger partial charge in [0.2, 0.25) is 5.91 Å². The number of carbonyl (C=O) groups is 2. The van der Waals surface area contributed by atoms with Crippen LogP contribution < -0.4 is 11.1 Å². The number of nitrogens with two attached hydrogens (primary N) is 1. The van der Waals surface area contributed by atoms with Crippen molar-refractivity contribution in [2.75, 3.05) is 0 Å². The summed E-state index contributed by atoms with van der Waals surface area (Å²) in [6.07, 6.45) is -4.43. The number of benzene rings is 3. The molecule has 4 nitrogen and oxygen atoms in total. The molecule has 3 rings (SSSR count). The first kappa shape index (κ1) is 18.4. The Kier molecular flexibility index (Phi) is 4.85. The fraction of sp³-hybridized carbons (Fsp3) is 0.100. The Bertz CT molecular complexity index is 1030. The van der Waals surface area contributed by atoms with E-state index in [1.54, 1.807) is 36.4 Å². The molecular formula is C20H15F3N2O2. The van der Waals surface area contributed by atoms with Crippen molar-refractivity contribution >= 4 is 22.6 Å². The molecule has 0 heterocycles. The van der Waals surface area contributed by atoms with Crippen LogP contribution in [0.1, 0.15) is 31.8 Å². The second-order valence-corrected chi connectivity index (χ2v) is 6.02. The highest BCUT2D eigenvalue weighted by atomic mass is 19.4. The molecule has 0 aromatic heterocycles. The van der Waals surface area contributed by atoms with Crippen molar-refractivity contribution in [2.45, 2.75) is 12.7 Å². The molecule has 0 fully saturated rings. The van der Waals surface area contributed by atoms with Crippen molar-refractivity contribution in [3.8, 4) is 0 Å². The van der Waals surface area contributed by atoms with Crippen molar-refractivity contribution in [3.63, 3.8) is 0 Å². The van der Waals surface area contributed by atoms with Crippen LogP contribution in [0.25, 0.3) is 10.8 Å². The average molecular weight is 372 g/mol. The third-order valence-electron chi connectivity index (χ3n) is 4.09. The molecule has 0 bridgehead atoms. The Balaban J connectivity index is 1.77. The number of alkyl halides is 3. The van der Waals surface area contributed by atoms with Gasteiger partial charge in [0.1, 0.15) is 0 Å². The summed E-state index contributed by atoms with van der Waals surface area (Å²) in [6, 6.07) is 14.6. The van der Waals surface area contributed by atoms with Gasteiger partial charge in [-0.05, 0) is 52.7 Å². The molecule has 0 unspecified atom stereocenters. The van der Waals surface area contributed by atoms with Gasteiger partial charge in [-0.3, -0.25) is 9.59 Å². The van der Waals surface area contributed by atoms with E-state index in [4.69, 9.17) is 5.73 Å². The normalized spacial score (nSPS) is 11.4. The summed E-state index contributed by atoms with van der Waals surface area (Å²) < 4.78 is 38.2. The number of amides is 2. The van der Waals surface area contributed by atoms with E-state index in [0.29, 0.717) is 22.1 Å². The van der Waals surface area contributed by atoms with Gasteiger partial charge in [0, 0.05) is 17.7 Å². The molecule has 3 aromatic carbocycles. The lowest BCUT2D eigenvalue weighted by Crippen LogP contribution is -2.23. The summed E-state index contributed by atoms with van der Waals surface area (Å²) in [6.45, 7) is -0.0396. The first-order valence-electron chi connectivity index (χ1n) is 8.02. The minimum absolute atomic E-state index is 0.0396. The molecule has 0 atom stereocenters. The summed E-state index contributed by atoms with van der Waals surface area (Å²) in [5.74, 6) is -1.00. The smallest absolute Gasteiger partial charge is 0.366 e. The number of fused-ring (bicyclic) bond motifs is 1. The second-order valence-electron chi connectivity index (χ2n) is 6.02. The molecule has 7 heteroatoms. The standard InChI is InChI=1S/C20H15F3N2O2/c21-20(22,23)17-3-1-2-12(8-17)11-25-19(27)15-7-5-13-4-6-14(18(24)26)9-16(13)10-15/h1-10H,11H2,(H2,24,26)(H,25,27). The highest BCUT2D eigenvalue weighted by Gasteiger charge is 2.30. The van der Waals surface area contributed by atoms with E-state index in [0.717, 1.165) is 17.5 Å². The Hall–Kier alpha value is -3.35. The zero-order valence-corrected chi connectivity index (χ0v) is 14.0. The van der Waals surface area contributed by atoms with E-state index in [2.05, 4.69) is 5.32 Å². The first-order valence-corrected chi connectivity index (χ1v) is 8.02. The minimum atomic E-state index is -4.43. The van der Waals surface area contributed by atoms with Crippen LogP contribution in [0.5, 0.6) is 0 Å². The van der Waals surface area contributed by atoms with Crippen molar-refractivity contribution in [1.82, 2.24) is 5.32 Å². The van der Waals surface area contributed by atoms with E-state index in [1.165, 1.54) is 12.1 Å². The molecule has 3 N–H and O–H groups in total. The summed E-state index contributed by atoms with van der Waals surface area (Å²) in [7, 11) is 0. The average Bonchev–Trinajstić information content (AvgIpc) is 2.64. The van der Waals surface area contributed by atoms with Gasteiger partial charge in [-0.2, -0.15) is 13.2 Å². The van der Waals surface area contributed by atoms with Crippen LogP contribution in [0.15, 0.2) is 60.7 Å². The van der Waals surface area contributed by atoms with Gasteiger partial charge in [0.25, 0.3) is 5.91 Å². The van der Waals surface area contributed by atoms with Crippen molar-refractivity contribution in [2.24, 2.45) is 5.73 Å². The Morgan fingerprint density at radius 3 is 2.22 bits per heavy atom. The third-order valence-corrected chi connectivity index (χ3v) is 4.09. The Morgan fingerprint density at radius 1 is 0.889 bits per heavy atom. The maximum Gasteiger partial charge on any atom is 0.416 e. The molecule has 0 aliphatic carbocycles. The lowest BCUT2D eigenvalue weighted by molar-refractivity contribution is -0.137. The Morgan fingerprint density at radius 2 is 1.56 bits per heavy atom. The van der Waals surface area contributed by atoms with Crippen molar-refractivity contribution in [3.05, 3.63) is 82.9 Å². The van der Waals surface area contributed by atoms with Gasteiger partial charge in [-0.25, -0.2) is 0 Å². The monoisotopic (exact) mass is 372 g/mol. The summed E-state index contributed by atoms with van der Waals surface area (Å²) >= 11 is 0. The van der Waals surface area contributed by atoms with Crippen molar-refractivity contribution < 1.29 is 22.8 Å². The SMILES string of the molecule is NC(=O)c1ccc2ccc(C(=O)NCc3cccc(C(F)(F)F)c3)cc2c1. The molecular weight excluding hydrogens is 357 g/mol. The van der Waals surface area contributed by atoms with E-state index in [9.17, 15) is 22.8 Å².